The highest BCUT2D eigenvalue weighted by atomic mass is 16.3. The minimum atomic E-state index is -0.766. The van der Waals surface area contributed by atoms with E-state index < -0.39 is 17.8 Å². The Balaban J connectivity index is 1.75. The normalized spacial score (nSPS) is 16.1. The van der Waals surface area contributed by atoms with Crippen molar-refractivity contribution >= 4 is 34.8 Å². The lowest BCUT2D eigenvalue weighted by atomic mass is 10.1. The largest absolute Gasteiger partial charge is 0.467 e. The van der Waals surface area contributed by atoms with Crippen LogP contribution in [0.3, 0.4) is 0 Å². The molecule has 1 N–H and O–H groups in total. The maximum Gasteiger partial charge on any atom is 0.331 e. The number of hydrogen-bond donors (Lipinski definition) is 1. The fourth-order valence-electron chi connectivity index (χ4n) is 3.23. The Morgan fingerprint density at radius 2 is 1.93 bits per heavy atom. The van der Waals surface area contributed by atoms with Crippen molar-refractivity contribution in [3.63, 3.8) is 0 Å². The molecule has 0 saturated carbocycles. The van der Waals surface area contributed by atoms with Crippen molar-refractivity contribution < 1.29 is 18.8 Å². The quantitative estimate of drug-likeness (QED) is 0.422. The van der Waals surface area contributed by atoms with Crippen LogP contribution in [-0.2, 0) is 22.7 Å². The smallest absolute Gasteiger partial charge is 0.331 e. The highest BCUT2D eigenvalue weighted by molar-refractivity contribution is 6.31. The predicted molar refractivity (Wildman–Crippen MR) is 103 cm³/mol. The first kappa shape index (κ1) is 17.5. The molecule has 1 aromatic carbocycles. The Morgan fingerprint density at radius 3 is 2.68 bits per heavy atom. The number of carbonyl (C=O) groups is 3. The van der Waals surface area contributed by atoms with Gasteiger partial charge in [0.1, 0.15) is 11.3 Å². The first-order valence-electron chi connectivity index (χ1n) is 8.68. The zero-order valence-electron chi connectivity index (χ0n) is 14.9. The fourth-order valence-corrected chi connectivity index (χ4v) is 3.23. The molecule has 0 radical (unpaired) electrons. The summed E-state index contributed by atoms with van der Waals surface area (Å²) in [6.07, 6.45) is 6.60. The molecule has 140 valence electrons. The summed E-state index contributed by atoms with van der Waals surface area (Å²) in [7, 11) is 0. The number of barbiturate groups is 1. The monoisotopic (exact) mass is 375 g/mol. The fraction of sp³-hybridized carbons (Fsp3) is 0.0952. The zero-order valence-corrected chi connectivity index (χ0v) is 14.9. The molecule has 1 aliphatic rings. The highest BCUT2D eigenvalue weighted by Gasteiger charge is 2.36. The van der Waals surface area contributed by atoms with Crippen LogP contribution in [0.1, 0.15) is 11.3 Å². The lowest BCUT2D eigenvalue weighted by Gasteiger charge is -2.25. The molecular formula is C21H17N3O4. The molecule has 4 amide bonds. The van der Waals surface area contributed by atoms with Crippen LogP contribution in [0, 0.1) is 0 Å². The Morgan fingerprint density at radius 1 is 1.11 bits per heavy atom. The van der Waals surface area contributed by atoms with Gasteiger partial charge in [0, 0.05) is 29.2 Å². The number of fused-ring (bicyclic) bond motifs is 1. The molecular weight excluding hydrogens is 358 g/mol. The van der Waals surface area contributed by atoms with Gasteiger partial charge in [-0.05, 0) is 24.3 Å². The van der Waals surface area contributed by atoms with E-state index in [0.717, 1.165) is 15.8 Å². The SMILES string of the molecule is C=CCn1cc(/C=C2\C(=O)NC(=O)N(Cc3ccco3)C2=O)c2ccccc21. The van der Waals surface area contributed by atoms with Gasteiger partial charge in [-0.3, -0.25) is 19.8 Å². The molecule has 0 atom stereocenters. The summed E-state index contributed by atoms with van der Waals surface area (Å²) in [5.74, 6) is -0.934. The minimum Gasteiger partial charge on any atom is -0.467 e. The van der Waals surface area contributed by atoms with Crippen LogP contribution in [0.5, 0.6) is 0 Å². The van der Waals surface area contributed by atoms with Gasteiger partial charge in [0.2, 0.25) is 0 Å². The first-order valence-corrected chi connectivity index (χ1v) is 8.68. The second-order valence-corrected chi connectivity index (χ2v) is 6.33. The molecule has 1 aliphatic heterocycles. The van der Waals surface area contributed by atoms with Crippen molar-refractivity contribution in [1.29, 1.82) is 0 Å². The van der Waals surface area contributed by atoms with E-state index in [9.17, 15) is 14.4 Å². The van der Waals surface area contributed by atoms with E-state index in [1.807, 2.05) is 35.0 Å². The van der Waals surface area contributed by atoms with Crippen LogP contribution in [0.4, 0.5) is 4.79 Å². The number of para-hydroxylation sites is 1. The van der Waals surface area contributed by atoms with Crippen molar-refractivity contribution in [2.24, 2.45) is 0 Å². The van der Waals surface area contributed by atoms with Gasteiger partial charge < -0.3 is 8.98 Å². The number of aromatic nitrogens is 1. The van der Waals surface area contributed by atoms with Gasteiger partial charge in [-0.25, -0.2) is 4.79 Å². The van der Waals surface area contributed by atoms with Crippen molar-refractivity contribution in [2.75, 3.05) is 0 Å². The van der Waals surface area contributed by atoms with E-state index >= 15 is 0 Å². The van der Waals surface area contributed by atoms with Gasteiger partial charge in [0.05, 0.1) is 12.8 Å². The molecule has 3 heterocycles. The average molecular weight is 375 g/mol. The maximum atomic E-state index is 12.9. The first-order chi connectivity index (χ1) is 13.6. The number of nitrogens with one attached hydrogen (secondary N) is 1. The molecule has 0 spiro atoms. The Kier molecular flexibility index (Phi) is 4.41. The van der Waals surface area contributed by atoms with Crippen LogP contribution < -0.4 is 5.32 Å². The topological polar surface area (TPSA) is 84.6 Å². The Labute approximate surface area is 160 Å². The van der Waals surface area contributed by atoms with Crippen LogP contribution in [-0.4, -0.2) is 27.3 Å². The molecule has 7 heteroatoms. The van der Waals surface area contributed by atoms with Crippen LogP contribution >= 0.6 is 0 Å². The second-order valence-electron chi connectivity index (χ2n) is 6.33. The molecule has 0 aliphatic carbocycles. The van der Waals surface area contributed by atoms with Gasteiger partial charge in [-0.2, -0.15) is 0 Å². The Bertz CT molecular complexity index is 1120. The zero-order chi connectivity index (χ0) is 19.7. The van der Waals surface area contributed by atoms with Crippen LogP contribution in [0.15, 0.2) is 71.5 Å². The Hall–Kier alpha value is -3.87. The van der Waals surface area contributed by atoms with Gasteiger partial charge in [-0.15, -0.1) is 6.58 Å². The molecule has 0 unspecified atom stereocenters. The third kappa shape index (κ3) is 3.03. The molecule has 2 aromatic heterocycles. The molecule has 4 rings (SSSR count). The third-order valence-electron chi connectivity index (χ3n) is 4.52. The second kappa shape index (κ2) is 7.03. The summed E-state index contributed by atoms with van der Waals surface area (Å²) in [5, 5.41) is 3.11. The van der Waals surface area contributed by atoms with Gasteiger partial charge >= 0.3 is 6.03 Å². The van der Waals surface area contributed by atoms with Crippen molar-refractivity contribution in [1.82, 2.24) is 14.8 Å². The summed E-state index contributed by atoms with van der Waals surface area (Å²) >= 11 is 0. The van der Waals surface area contributed by atoms with E-state index in [-0.39, 0.29) is 12.1 Å². The summed E-state index contributed by atoms with van der Waals surface area (Å²) < 4.78 is 7.19. The molecule has 1 fully saturated rings. The van der Waals surface area contributed by atoms with Crippen LogP contribution in [0.25, 0.3) is 17.0 Å². The molecule has 3 aromatic rings. The number of imide groups is 2. The summed E-state index contributed by atoms with van der Waals surface area (Å²) in [6, 6.07) is 10.2. The maximum absolute atomic E-state index is 12.9. The minimum absolute atomic E-state index is 0.0550. The van der Waals surface area contributed by atoms with E-state index in [1.54, 1.807) is 18.2 Å². The van der Waals surface area contributed by atoms with Crippen molar-refractivity contribution in [3.05, 3.63) is 78.4 Å². The molecule has 7 nitrogen and oxygen atoms in total. The third-order valence-corrected chi connectivity index (χ3v) is 4.52. The van der Waals surface area contributed by atoms with E-state index in [0.29, 0.717) is 17.9 Å². The number of urea groups is 1. The highest BCUT2D eigenvalue weighted by Crippen LogP contribution is 2.25. The molecule has 28 heavy (non-hydrogen) atoms. The lowest BCUT2D eigenvalue weighted by Crippen LogP contribution is -2.53. The number of allylic oxidation sites excluding steroid dienone is 1. The van der Waals surface area contributed by atoms with E-state index in [1.165, 1.54) is 12.3 Å². The molecule has 0 bridgehead atoms. The van der Waals surface area contributed by atoms with Crippen LogP contribution in [0.2, 0.25) is 0 Å². The lowest BCUT2D eigenvalue weighted by molar-refractivity contribution is -0.130. The van der Waals surface area contributed by atoms with E-state index in [4.69, 9.17) is 4.42 Å². The average Bonchev–Trinajstić information content (AvgIpc) is 3.31. The molecule has 1 saturated heterocycles. The summed E-state index contributed by atoms with van der Waals surface area (Å²) in [6.45, 7) is 4.29. The summed E-state index contributed by atoms with van der Waals surface area (Å²) in [4.78, 5) is 38.3. The van der Waals surface area contributed by atoms with Crippen molar-refractivity contribution in [3.8, 4) is 0 Å². The number of rotatable bonds is 5. The number of amides is 4. The summed E-state index contributed by atoms with van der Waals surface area (Å²) in [5.41, 5.74) is 1.57. The standard InChI is InChI=1S/C21H17N3O4/c1-2-9-23-12-14(16-7-3-4-8-18(16)23)11-17-19(25)22-21(27)24(20(17)26)13-15-6-5-10-28-15/h2-8,10-12H,1,9,13H2,(H,22,25,27)/b17-11+. The number of nitrogens with zero attached hydrogens (tertiary/aromatic N) is 2. The van der Waals surface area contributed by atoms with Crippen molar-refractivity contribution in [2.45, 2.75) is 13.1 Å². The van der Waals surface area contributed by atoms with E-state index in [2.05, 4.69) is 11.9 Å². The van der Waals surface area contributed by atoms with Gasteiger partial charge in [0.25, 0.3) is 11.8 Å². The number of carbonyl (C=O) groups excluding carboxylic acids is 3. The number of furan rings is 1. The van der Waals surface area contributed by atoms with Gasteiger partial charge in [0.15, 0.2) is 0 Å². The van der Waals surface area contributed by atoms with Gasteiger partial charge in [-0.1, -0.05) is 24.3 Å². The number of hydrogen-bond acceptors (Lipinski definition) is 4. The number of benzene rings is 1. The predicted octanol–water partition coefficient (Wildman–Crippen LogP) is 3.08.